The largest absolute Gasteiger partial charge is 0.491 e. The summed E-state index contributed by atoms with van der Waals surface area (Å²) in [5.41, 5.74) is 14.2. The van der Waals surface area contributed by atoms with E-state index in [2.05, 4.69) is 70.8 Å². The van der Waals surface area contributed by atoms with E-state index >= 15 is 0 Å². The van der Waals surface area contributed by atoms with Crippen LogP contribution in [0.15, 0.2) is 187 Å². The van der Waals surface area contributed by atoms with Crippen LogP contribution in [0.5, 0.6) is 0 Å². The molecule has 0 aliphatic heterocycles. The number of nitrogens with one attached hydrogen (secondary N) is 9. The van der Waals surface area contributed by atoms with Gasteiger partial charge in [-0.2, -0.15) is 0 Å². The van der Waals surface area contributed by atoms with Crippen molar-refractivity contribution in [3.63, 3.8) is 0 Å². The maximum atomic E-state index is 9.02. The Morgan fingerprint density at radius 1 is 0.457 bits per heavy atom. The van der Waals surface area contributed by atoms with E-state index in [1.165, 1.54) is 0 Å². The summed E-state index contributed by atoms with van der Waals surface area (Å²) < 4.78 is 29.9. The van der Waals surface area contributed by atoms with Gasteiger partial charge < -0.3 is 73.5 Å². The van der Waals surface area contributed by atoms with E-state index in [9.17, 15) is 0 Å². The molecule has 9 N–H and O–H groups in total. The number of likely N-dealkylation sites (N-methyl/N-ethyl adjacent to an activating group) is 3. The van der Waals surface area contributed by atoms with E-state index in [4.69, 9.17) is 50.5 Å². The maximum absolute atomic E-state index is 9.02. The number of allylic oxidation sites excluding steroid dienone is 3. The van der Waals surface area contributed by atoms with Crippen LogP contribution >= 0.6 is 0 Å². The molecule has 0 atom stereocenters. The molecule has 12 heterocycles. The average molecular weight is 1410 g/mol. The minimum absolute atomic E-state index is 0.340. The molecule has 0 amide bonds. The summed E-state index contributed by atoms with van der Waals surface area (Å²) in [6, 6.07) is 21.4. The number of hydrogen-bond acceptors (Lipinski definition) is 21. The first kappa shape index (κ1) is 70.9. The number of rotatable bonds is 28. The predicted molar refractivity (Wildman–Crippen MR) is 413 cm³/mol. The quantitative estimate of drug-likeness (QED) is 0.0206. The molecule has 105 heavy (non-hydrogen) atoms. The van der Waals surface area contributed by atoms with Crippen molar-refractivity contribution >= 4 is 103 Å². The van der Waals surface area contributed by atoms with Crippen molar-refractivity contribution in [2.24, 2.45) is 15.0 Å². The minimum atomic E-state index is 0.340. The summed E-state index contributed by atoms with van der Waals surface area (Å²) in [6.07, 6.45) is 32.0. The van der Waals surface area contributed by atoms with E-state index in [0.717, 1.165) is 114 Å². The highest BCUT2D eigenvalue weighted by molar-refractivity contribution is 6.55. The number of aryl methyl sites for hydroxylation is 2. The summed E-state index contributed by atoms with van der Waals surface area (Å²) in [7, 11) is 12.2. The number of hydrogen-bond donors (Lipinski definition) is 9. The Morgan fingerprint density at radius 3 is 1.23 bits per heavy atom. The average Bonchev–Trinajstić information content (AvgIpc) is 1.64. The van der Waals surface area contributed by atoms with Gasteiger partial charge in [0, 0.05) is 155 Å². The molecule has 3 aliphatic rings. The second kappa shape index (κ2) is 32.6. The molecule has 3 aliphatic carbocycles. The van der Waals surface area contributed by atoms with Crippen LogP contribution in [-0.4, -0.2) is 223 Å². The van der Waals surface area contributed by atoms with Crippen molar-refractivity contribution in [2.75, 3.05) is 117 Å². The molecule has 0 spiro atoms. The van der Waals surface area contributed by atoms with Crippen LogP contribution in [0.25, 0.3) is 33.8 Å². The van der Waals surface area contributed by atoms with Crippen LogP contribution in [0.2, 0.25) is 0 Å². The van der Waals surface area contributed by atoms with Crippen molar-refractivity contribution in [1.82, 2.24) is 87.1 Å². The van der Waals surface area contributed by atoms with Crippen molar-refractivity contribution in [1.29, 1.82) is 16.2 Å². The minimum Gasteiger partial charge on any atom is -0.491 e. The Labute approximate surface area is 606 Å². The Bertz CT molecular complexity index is 5210. The van der Waals surface area contributed by atoms with Gasteiger partial charge in [-0.15, -0.1) is 15.3 Å². The third-order valence-corrected chi connectivity index (χ3v) is 17.6. The van der Waals surface area contributed by atoms with Crippen molar-refractivity contribution < 1.29 is 14.2 Å². The molecule has 0 aromatic carbocycles. The number of aromatic nitrogens is 15. The van der Waals surface area contributed by atoms with E-state index in [1.54, 1.807) is 42.1 Å². The van der Waals surface area contributed by atoms with Gasteiger partial charge in [-0.3, -0.25) is 16.2 Å². The fraction of sp³-hybridized carbons (Fsp3) is 0.280. The second-order valence-electron chi connectivity index (χ2n) is 26.0. The van der Waals surface area contributed by atoms with Gasteiger partial charge in [0.15, 0.2) is 17.5 Å². The number of aliphatic imine (C=N–C) groups is 3. The lowest BCUT2D eigenvalue weighted by atomic mass is 9.95. The third-order valence-electron chi connectivity index (χ3n) is 17.6. The lowest BCUT2D eigenvalue weighted by Crippen LogP contribution is -2.21. The molecular weight excluding hydrogens is 1330 g/mol. The van der Waals surface area contributed by atoms with Crippen LogP contribution in [0.4, 0.5) is 34.5 Å². The molecule has 0 radical (unpaired) electrons. The highest BCUT2D eigenvalue weighted by Gasteiger charge is 2.30. The van der Waals surface area contributed by atoms with Crippen LogP contribution < -0.4 is 16.0 Å². The van der Waals surface area contributed by atoms with E-state index in [-0.39, 0.29) is 0 Å². The topological polar surface area (TPSA) is 335 Å². The Hall–Kier alpha value is -12.5. The monoisotopic (exact) mass is 1410 g/mol. The SMILES string of the molecule is CN(C)CCNc1nn2ccccc2c1N=C1C=C(OCCCn2ccnc2)c2[nH]ccc2C1=N.CN(C)CCNc1nn2ccccc2c1N=C1C=C(OCCn2ccnc2)c2[nH]ccc2C1=N.Cc1[nH]c2c(c1C)C(=N)C(=Nc1c(NCCN(C)C)nn3ccccc13)C=C2OCCn1ccnc1. The first-order valence-corrected chi connectivity index (χ1v) is 34.7. The fourth-order valence-electron chi connectivity index (χ4n) is 12.0. The van der Waals surface area contributed by atoms with Gasteiger partial charge in [0.25, 0.3) is 0 Å². The number of anilines is 3. The maximum Gasteiger partial charge on any atom is 0.175 e. The number of H-pyrrole nitrogens is 3. The normalized spacial score (nSPS) is 14.6. The van der Waals surface area contributed by atoms with E-state index in [0.29, 0.717) is 119 Å². The molecule has 30 heteroatoms. The number of ether oxygens (including phenoxy) is 3. The molecular formula is C75H87N27O3. The molecule has 15 rings (SSSR count). The van der Waals surface area contributed by atoms with Gasteiger partial charge in [-0.05, 0) is 117 Å². The molecule has 12 aromatic rings. The standard InChI is InChI=1S/C26H31N9O.C25H29N9O.C24H27N9O/c1-17-18(2)30-25-21(36-14-13-34-12-8-28-16-34)15-19(23(27)22(17)25)31-24-20-7-5-6-10-35(20)32-26(24)29-9-11-33(3)4;1-32(2)13-10-29-25-24(20-6-3-4-12-34(20)31-25)30-19-16-21(23-18(22(19)26)7-8-28-23)35-15-5-11-33-14-9-27-17-33;1-31(2)11-9-28-24-23(19-5-3-4-10-33(19)30-24)29-18-15-20(22-17(21(18)25)6-7-27-22)34-14-13-32-12-8-26-16-32/h5-8,10,12,15-16,27,30H,9,11,13-14H2,1-4H3,(H,29,32);3-4,6-9,12,14,16-17,26,28H,5,10-11,13,15H2,1-2H3,(H,29,31);3-8,10,12,15-16,25,27H,9,11,13-14H2,1-2H3,(H,28,30). The summed E-state index contributed by atoms with van der Waals surface area (Å²) in [6.45, 7) is 12.4. The summed E-state index contributed by atoms with van der Waals surface area (Å²) in [4.78, 5) is 43.2. The number of pyridine rings is 3. The molecule has 0 unspecified atom stereocenters. The van der Waals surface area contributed by atoms with Crippen LogP contribution in [-0.2, 0) is 33.8 Å². The first-order valence-electron chi connectivity index (χ1n) is 34.7. The third kappa shape index (κ3) is 16.5. The second-order valence-corrected chi connectivity index (χ2v) is 26.0. The Balaban J connectivity index is 0.000000140. The highest BCUT2D eigenvalue weighted by atomic mass is 16.5. The molecule has 0 fully saturated rings. The summed E-state index contributed by atoms with van der Waals surface area (Å²) >= 11 is 0. The number of aromatic amines is 3. The van der Waals surface area contributed by atoms with Gasteiger partial charge in [-0.25, -0.2) is 43.5 Å². The van der Waals surface area contributed by atoms with Crippen LogP contribution in [0.1, 0.15) is 51.5 Å². The summed E-state index contributed by atoms with van der Waals surface area (Å²) in [5.74, 6) is 4.08. The van der Waals surface area contributed by atoms with Crippen LogP contribution in [0, 0.1) is 30.1 Å². The number of fused-ring (bicyclic) bond motifs is 6. The first-order chi connectivity index (χ1) is 51.1. The van der Waals surface area contributed by atoms with Gasteiger partial charge in [-0.1, -0.05) is 18.2 Å². The summed E-state index contributed by atoms with van der Waals surface area (Å²) in [5, 5.41) is 50.9. The molecule has 30 nitrogen and oxygen atoms in total. The number of imidazole rings is 3. The lowest BCUT2D eigenvalue weighted by molar-refractivity contribution is 0.259. The zero-order valence-electron chi connectivity index (χ0n) is 60.1. The molecule has 0 bridgehead atoms. The van der Waals surface area contributed by atoms with Crippen molar-refractivity contribution in [3.8, 4) is 0 Å². The smallest absolute Gasteiger partial charge is 0.175 e. The Morgan fingerprint density at radius 2 is 0.838 bits per heavy atom. The van der Waals surface area contributed by atoms with Crippen molar-refractivity contribution in [2.45, 2.75) is 39.9 Å². The fourth-order valence-corrected chi connectivity index (χ4v) is 12.0. The van der Waals surface area contributed by atoms with Gasteiger partial charge in [0.2, 0.25) is 0 Å². The predicted octanol–water partition coefficient (Wildman–Crippen LogP) is 10.1. The molecule has 540 valence electrons. The van der Waals surface area contributed by atoms with Crippen LogP contribution in [0.3, 0.4) is 0 Å². The number of nitrogens with zero attached hydrogens (tertiary/aromatic N) is 18. The van der Waals surface area contributed by atoms with E-state index in [1.807, 2.05) is 213 Å². The highest BCUT2D eigenvalue weighted by Crippen LogP contribution is 2.37. The van der Waals surface area contributed by atoms with Gasteiger partial charge >= 0.3 is 0 Å². The van der Waals surface area contributed by atoms with Gasteiger partial charge in [0.1, 0.15) is 47.6 Å². The zero-order valence-corrected chi connectivity index (χ0v) is 60.1. The zero-order chi connectivity index (χ0) is 72.9. The lowest BCUT2D eigenvalue weighted by Gasteiger charge is -2.18. The van der Waals surface area contributed by atoms with Gasteiger partial charge in [0.05, 0.1) is 107 Å². The van der Waals surface area contributed by atoms with Crippen molar-refractivity contribution in [3.05, 3.63) is 217 Å². The Kier molecular flexibility index (Phi) is 22.0. The molecule has 0 saturated heterocycles. The van der Waals surface area contributed by atoms with E-state index < -0.39 is 0 Å². The molecule has 12 aromatic heterocycles. The molecule has 0 saturated carbocycles.